The lowest BCUT2D eigenvalue weighted by Crippen LogP contribution is -2.30. The fourth-order valence-corrected chi connectivity index (χ4v) is 3.75. The van der Waals surface area contributed by atoms with Crippen LogP contribution in [0.25, 0.3) is 5.57 Å². The number of amides is 1. The van der Waals surface area contributed by atoms with Crippen LogP contribution in [-0.2, 0) is 16.0 Å². The molecule has 0 saturated carbocycles. The number of nitrogens with two attached hydrogens (primary N) is 2. The van der Waals surface area contributed by atoms with Crippen LogP contribution < -0.4 is 25.7 Å². The van der Waals surface area contributed by atoms with E-state index in [4.69, 9.17) is 20.4 Å². The summed E-state index contributed by atoms with van der Waals surface area (Å²) in [5.41, 5.74) is 11.3. The van der Waals surface area contributed by atoms with Crippen molar-refractivity contribution in [2.75, 3.05) is 12.4 Å². The first kappa shape index (κ1) is 26.7. The summed E-state index contributed by atoms with van der Waals surface area (Å²) < 4.78 is 7.82. The number of methoxy groups -OCH3 is 1. The number of allylic oxidation sites excluding steroid dienone is 1. The number of nitrogens with zero attached hydrogens (tertiary/aromatic N) is 1. The van der Waals surface area contributed by atoms with Gasteiger partial charge in [0.25, 0.3) is 5.91 Å². The Morgan fingerprint density at radius 2 is 1.81 bits per heavy atom. The Labute approximate surface area is 216 Å². The zero-order valence-electron chi connectivity index (χ0n) is 20.5. The van der Waals surface area contributed by atoms with Gasteiger partial charge in [-0.25, -0.2) is 0 Å². The molecule has 1 unspecified atom stereocenters. The van der Waals surface area contributed by atoms with Gasteiger partial charge in [0.15, 0.2) is 11.6 Å². The average molecular weight is 506 g/mol. The quantitative estimate of drug-likeness (QED) is 0.0975. The molecule has 0 bridgehead atoms. The molecule has 36 heavy (non-hydrogen) atoms. The van der Waals surface area contributed by atoms with Crippen LogP contribution >= 0.6 is 12.1 Å². The molecule has 0 saturated heterocycles. The molecule has 0 aliphatic rings. The monoisotopic (exact) mass is 505 g/mol. The van der Waals surface area contributed by atoms with E-state index < -0.39 is 6.04 Å². The second-order valence-electron chi connectivity index (χ2n) is 7.97. The minimum absolute atomic E-state index is 0.236. The highest BCUT2D eigenvalue weighted by Gasteiger charge is 2.22. The second kappa shape index (κ2) is 13.2. The van der Waals surface area contributed by atoms with E-state index in [1.54, 1.807) is 25.5 Å². The molecule has 9 heteroatoms. The lowest BCUT2D eigenvalue weighted by atomic mass is 9.95. The third kappa shape index (κ3) is 7.27. The number of hydrogen-bond donors (Lipinski definition) is 4. The lowest BCUT2D eigenvalue weighted by Gasteiger charge is -2.21. The molecule has 0 radical (unpaired) electrons. The zero-order chi connectivity index (χ0) is 25.9. The van der Waals surface area contributed by atoms with Crippen LogP contribution in [0.15, 0.2) is 84.2 Å². The number of nitrogens with one attached hydrogen (secondary N) is 2. The number of ether oxygens (including phenoxy) is 1. The van der Waals surface area contributed by atoms with Gasteiger partial charge in [0.1, 0.15) is 6.04 Å². The van der Waals surface area contributed by atoms with Gasteiger partial charge in [0.05, 0.1) is 13.4 Å². The largest absolute Gasteiger partial charge is 0.504 e. The van der Waals surface area contributed by atoms with Gasteiger partial charge in [0.2, 0.25) is 0 Å². The SMILES string of the molecule is CCc1cc(/C(C)=C\OC)cc(C(Nc2ccc(/C(N)=N\Oc3ccccc3)cc2)C(=O)NSN)c1. The summed E-state index contributed by atoms with van der Waals surface area (Å²) in [7, 11) is 1.61. The predicted octanol–water partition coefficient (Wildman–Crippen LogP) is 4.75. The summed E-state index contributed by atoms with van der Waals surface area (Å²) in [5, 5.41) is 12.8. The van der Waals surface area contributed by atoms with Gasteiger partial charge in [-0.2, -0.15) is 0 Å². The van der Waals surface area contributed by atoms with E-state index in [1.165, 1.54) is 0 Å². The number of aryl methyl sites for hydroxylation is 1. The molecule has 0 aliphatic carbocycles. The second-order valence-corrected chi connectivity index (χ2v) is 8.41. The molecule has 0 fully saturated rings. The fraction of sp³-hybridized carbons (Fsp3) is 0.185. The molecule has 1 atom stereocenters. The van der Waals surface area contributed by atoms with Crippen LogP contribution in [0.4, 0.5) is 5.69 Å². The van der Waals surface area contributed by atoms with E-state index in [-0.39, 0.29) is 11.7 Å². The molecule has 6 N–H and O–H groups in total. The summed E-state index contributed by atoms with van der Waals surface area (Å²) in [5.74, 6) is 0.561. The Morgan fingerprint density at radius 3 is 2.44 bits per heavy atom. The van der Waals surface area contributed by atoms with Crippen LogP contribution in [-0.4, -0.2) is 18.9 Å². The van der Waals surface area contributed by atoms with Crippen molar-refractivity contribution in [1.29, 1.82) is 0 Å². The van der Waals surface area contributed by atoms with E-state index in [0.717, 1.165) is 46.5 Å². The van der Waals surface area contributed by atoms with Crippen molar-refractivity contribution >= 4 is 35.1 Å². The summed E-state index contributed by atoms with van der Waals surface area (Å²) in [6.07, 6.45) is 2.50. The first-order chi connectivity index (χ1) is 17.4. The van der Waals surface area contributed by atoms with Crippen LogP contribution in [0.5, 0.6) is 5.75 Å². The van der Waals surface area contributed by atoms with Crippen molar-refractivity contribution in [3.8, 4) is 5.75 Å². The summed E-state index contributed by atoms with van der Waals surface area (Å²) in [6, 6.07) is 21.9. The molecule has 0 heterocycles. The van der Waals surface area contributed by atoms with E-state index >= 15 is 0 Å². The van der Waals surface area contributed by atoms with Crippen LogP contribution in [0.2, 0.25) is 0 Å². The average Bonchev–Trinajstić information content (AvgIpc) is 2.91. The highest BCUT2D eigenvalue weighted by molar-refractivity contribution is 7.95. The fourth-order valence-electron chi connectivity index (χ4n) is 3.52. The number of oxime groups is 1. The summed E-state index contributed by atoms with van der Waals surface area (Å²) >= 11 is 0.765. The van der Waals surface area contributed by atoms with Crippen molar-refractivity contribution in [3.63, 3.8) is 0 Å². The molecular weight excluding hydrogens is 474 g/mol. The Hall–Kier alpha value is -3.95. The van der Waals surface area contributed by atoms with Gasteiger partial charge < -0.3 is 20.6 Å². The highest BCUT2D eigenvalue weighted by Crippen LogP contribution is 2.26. The number of carbonyl (C=O) groups is 1. The normalized spacial score (nSPS) is 12.6. The Bertz CT molecular complexity index is 1210. The molecule has 3 aromatic rings. The summed E-state index contributed by atoms with van der Waals surface area (Å²) in [4.78, 5) is 18.3. The molecule has 0 aromatic heterocycles. The van der Waals surface area contributed by atoms with Crippen molar-refractivity contribution in [2.24, 2.45) is 16.0 Å². The molecule has 8 nitrogen and oxygen atoms in total. The third-order valence-electron chi connectivity index (χ3n) is 5.41. The number of anilines is 1. The van der Waals surface area contributed by atoms with Crippen LogP contribution in [0.1, 0.15) is 42.1 Å². The maximum Gasteiger partial charge on any atom is 0.257 e. The van der Waals surface area contributed by atoms with Crippen molar-refractivity contribution in [3.05, 3.63) is 101 Å². The molecule has 188 valence electrons. The molecule has 1 amide bonds. The number of amidine groups is 1. The van der Waals surface area contributed by atoms with Crippen molar-refractivity contribution in [1.82, 2.24) is 4.72 Å². The maximum absolute atomic E-state index is 13.0. The first-order valence-electron chi connectivity index (χ1n) is 11.4. The smallest absolute Gasteiger partial charge is 0.257 e. The predicted molar refractivity (Wildman–Crippen MR) is 147 cm³/mol. The van der Waals surface area contributed by atoms with Gasteiger partial charge >= 0.3 is 0 Å². The number of carbonyl (C=O) groups excluding carboxylic acids is 1. The van der Waals surface area contributed by atoms with Crippen molar-refractivity contribution < 1.29 is 14.4 Å². The van der Waals surface area contributed by atoms with E-state index in [1.807, 2.05) is 61.5 Å². The minimum atomic E-state index is -0.681. The van der Waals surface area contributed by atoms with Gasteiger partial charge in [-0.1, -0.05) is 42.4 Å². The van der Waals surface area contributed by atoms with Crippen LogP contribution in [0.3, 0.4) is 0 Å². The van der Waals surface area contributed by atoms with Gasteiger partial charge in [-0.3, -0.25) is 14.7 Å². The van der Waals surface area contributed by atoms with Gasteiger partial charge in [-0.15, -0.1) is 0 Å². The Morgan fingerprint density at radius 1 is 1.08 bits per heavy atom. The molecule has 3 rings (SSSR count). The van der Waals surface area contributed by atoms with Crippen LogP contribution in [0, 0.1) is 0 Å². The third-order valence-corrected chi connectivity index (χ3v) is 5.73. The Kier molecular flexibility index (Phi) is 9.79. The topological polar surface area (TPSA) is 124 Å². The molecule has 3 aromatic carbocycles. The van der Waals surface area contributed by atoms with Gasteiger partial charge in [0, 0.05) is 23.4 Å². The van der Waals surface area contributed by atoms with Crippen molar-refractivity contribution in [2.45, 2.75) is 26.3 Å². The summed E-state index contributed by atoms with van der Waals surface area (Å²) in [6.45, 7) is 4.04. The standard InChI is InChI=1S/C27H31N5O3S/c1-4-19-14-21(18(2)17-34-3)16-22(15-19)25(27(33)32-36-29)30-23-12-10-20(11-13-23)26(28)31-35-24-8-6-5-7-9-24/h5-17,25,30H,4,29H2,1-3H3,(H2,28,31)(H,32,33)/b18-17-. The van der Waals surface area contributed by atoms with Gasteiger partial charge in [-0.05, 0) is 78.1 Å². The number of benzene rings is 3. The zero-order valence-corrected chi connectivity index (χ0v) is 21.3. The van der Waals surface area contributed by atoms with E-state index in [2.05, 4.69) is 28.2 Å². The first-order valence-corrected chi connectivity index (χ1v) is 12.2. The number of para-hydroxylation sites is 1. The lowest BCUT2D eigenvalue weighted by molar-refractivity contribution is -0.120. The minimum Gasteiger partial charge on any atom is -0.504 e. The maximum atomic E-state index is 13.0. The van der Waals surface area contributed by atoms with E-state index in [0.29, 0.717) is 11.3 Å². The highest BCUT2D eigenvalue weighted by atomic mass is 32.2. The van der Waals surface area contributed by atoms with E-state index in [9.17, 15) is 4.79 Å². The molecular formula is C27H31N5O3S. The number of rotatable bonds is 11. The number of hydrogen-bond acceptors (Lipinski definition) is 7. The molecule has 0 aliphatic heterocycles. The molecule has 0 spiro atoms. The Balaban J connectivity index is 1.85.